The number of carbonyl (C=O) groups is 1. The molecule has 1 heterocycles. The first-order chi connectivity index (χ1) is 8.77. The van der Waals surface area contributed by atoms with Crippen molar-refractivity contribution in [1.29, 1.82) is 0 Å². The van der Waals surface area contributed by atoms with Crippen LogP contribution in [0.3, 0.4) is 0 Å². The summed E-state index contributed by atoms with van der Waals surface area (Å²) < 4.78 is 5.52. The second kappa shape index (κ2) is 4.39. The molecule has 0 saturated carbocycles. The van der Waals surface area contributed by atoms with Crippen molar-refractivity contribution in [2.75, 3.05) is 0 Å². The minimum absolute atomic E-state index is 0.0710. The van der Waals surface area contributed by atoms with Crippen LogP contribution >= 0.6 is 0 Å². The van der Waals surface area contributed by atoms with Crippen LogP contribution in [0, 0.1) is 6.92 Å². The number of carbonyl (C=O) groups excluding carboxylic acids is 1. The fourth-order valence-corrected chi connectivity index (χ4v) is 2.21. The van der Waals surface area contributed by atoms with Gasteiger partial charge in [-0.2, -0.15) is 0 Å². The lowest BCUT2D eigenvalue weighted by molar-refractivity contribution is 0.0953. The van der Waals surface area contributed by atoms with Gasteiger partial charge >= 0.3 is 0 Å². The second-order valence-corrected chi connectivity index (χ2v) is 4.57. The van der Waals surface area contributed by atoms with Crippen LogP contribution in [0.5, 0.6) is 0 Å². The summed E-state index contributed by atoms with van der Waals surface area (Å²) in [5, 5.41) is 0. The van der Waals surface area contributed by atoms with Gasteiger partial charge in [-0.15, -0.1) is 0 Å². The van der Waals surface area contributed by atoms with Crippen molar-refractivity contribution in [3.63, 3.8) is 0 Å². The van der Waals surface area contributed by atoms with E-state index in [1.807, 2.05) is 61.5 Å². The average molecular weight is 238 g/mol. The third-order valence-corrected chi connectivity index (χ3v) is 3.29. The minimum atomic E-state index is -0.312. The Morgan fingerprint density at radius 2 is 1.67 bits per heavy atom. The molecule has 0 N–H and O–H groups in total. The van der Waals surface area contributed by atoms with Crippen LogP contribution < -0.4 is 0 Å². The van der Waals surface area contributed by atoms with Crippen LogP contribution in [0.1, 0.15) is 27.6 Å². The summed E-state index contributed by atoms with van der Waals surface area (Å²) in [6.45, 7) is 1.95. The second-order valence-electron chi connectivity index (χ2n) is 4.57. The van der Waals surface area contributed by atoms with E-state index in [0.717, 1.165) is 16.7 Å². The normalized spacial score (nSPS) is 21.6. The number of aryl methyl sites for hydroxylation is 1. The molecule has 0 aliphatic carbocycles. The van der Waals surface area contributed by atoms with Crippen molar-refractivity contribution in [1.82, 2.24) is 0 Å². The van der Waals surface area contributed by atoms with E-state index in [9.17, 15) is 4.79 Å². The molecule has 0 aromatic heterocycles. The molecule has 1 saturated heterocycles. The summed E-state index contributed by atoms with van der Waals surface area (Å²) in [5.74, 6) is 0.0851. The molecule has 0 radical (unpaired) electrons. The maximum atomic E-state index is 12.3. The summed E-state index contributed by atoms with van der Waals surface area (Å²) in [4.78, 5) is 12.3. The van der Waals surface area contributed by atoms with Gasteiger partial charge in [0, 0.05) is 5.56 Å². The summed E-state index contributed by atoms with van der Waals surface area (Å²) >= 11 is 0. The summed E-state index contributed by atoms with van der Waals surface area (Å²) in [6, 6.07) is 17.5. The molecule has 90 valence electrons. The third kappa shape index (κ3) is 1.95. The fraction of sp³-hybridized carbons (Fsp3) is 0.188. The number of ether oxygens (including phenoxy) is 1. The zero-order chi connectivity index (χ0) is 12.5. The van der Waals surface area contributed by atoms with Gasteiger partial charge in [-0.3, -0.25) is 4.79 Å². The van der Waals surface area contributed by atoms with E-state index in [-0.39, 0.29) is 18.0 Å². The summed E-state index contributed by atoms with van der Waals surface area (Å²) in [6.07, 6.45) is -0.383. The third-order valence-electron chi connectivity index (χ3n) is 3.29. The van der Waals surface area contributed by atoms with Gasteiger partial charge in [0.2, 0.25) is 0 Å². The molecule has 2 atom stereocenters. The Labute approximate surface area is 106 Å². The van der Waals surface area contributed by atoms with E-state index >= 15 is 0 Å². The SMILES string of the molecule is Cc1ccccc1C(=O)C1OC1c1ccccc1. The highest BCUT2D eigenvalue weighted by Crippen LogP contribution is 2.40. The van der Waals surface area contributed by atoms with Crippen molar-refractivity contribution in [3.05, 3.63) is 71.3 Å². The first-order valence-electron chi connectivity index (χ1n) is 6.07. The van der Waals surface area contributed by atoms with E-state index in [2.05, 4.69) is 0 Å². The molecule has 0 bridgehead atoms. The van der Waals surface area contributed by atoms with Gasteiger partial charge in [0.05, 0.1) is 0 Å². The van der Waals surface area contributed by atoms with Crippen LogP contribution in [0.25, 0.3) is 0 Å². The first-order valence-corrected chi connectivity index (χ1v) is 6.07. The Hall–Kier alpha value is -1.93. The zero-order valence-corrected chi connectivity index (χ0v) is 10.2. The van der Waals surface area contributed by atoms with E-state index in [1.165, 1.54) is 0 Å². The molecule has 0 amide bonds. The van der Waals surface area contributed by atoms with Crippen molar-refractivity contribution < 1.29 is 9.53 Å². The Bertz CT molecular complexity index is 575. The van der Waals surface area contributed by atoms with Gasteiger partial charge in [0.1, 0.15) is 6.10 Å². The zero-order valence-electron chi connectivity index (χ0n) is 10.2. The monoisotopic (exact) mass is 238 g/mol. The highest BCUT2D eigenvalue weighted by atomic mass is 16.6. The predicted octanol–water partition coefficient (Wildman–Crippen LogP) is 3.32. The first kappa shape index (κ1) is 11.2. The topological polar surface area (TPSA) is 29.6 Å². The molecule has 2 heteroatoms. The standard InChI is InChI=1S/C16H14O2/c1-11-7-5-6-10-13(11)14(17)16-15(18-16)12-8-3-2-4-9-12/h2-10,15-16H,1H3. The number of ketones is 1. The van der Waals surface area contributed by atoms with E-state index < -0.39 is 0 Å². The lowest BCUT2D eigenvalue weighted by Gasteiger charge is -2.01. The van der Waals surface area contributed by atoms with Crippen LogP contribution in [0.15, 0.2) is 54.6 Å². The van der Waals surface area contributed by atoms with Crippen LogP contribution in [-0.4, -0.2) is 11.9 Å². The molecule has 1 aliphatic rings. The minimum Gasteiger partial charge on any atom is -0.356 e. The Kier molecular flexibility index (Phi) is 2.73. The van der Waals surface area contributed by atoms with Crippen LogP contribution in [0.4, 0.5) is 0 Å². The van der Waals surface area contributed by atoms with Crippen LogP contribution in [-0.2, 0) is 4.74 Å². The lowest BCUT2D eigenvalue weighted by atomic mass is 9.99. The maximum Gasteiger partial charge on any atom is 0.194 e. The van der Waals surface area contributed by atoms with Gasteiger partial charge in [0.15, 0.2) is 11.9 Å². The highest BCUT2D eigenvalue weighted by molar-refractivity contribution is 6.02. The number of Topliss-reactive ketones (excluding diaryl/α,β-unsaturated/α-hetero) is 1. The smallest absolute Gasteiger partial charge is 0.194 e. The molecule has 2 aromatic carbocycles. The molecular weight excluding hydrogens is 224 g/mol. The number of hydrogen-bond acceptors (Lipinski definition) is 2. The van der Waals surface area contributed by atoms with Crippen LogP contribution in [0.2, 0.25) is 0 Å². The summed E-state index contributed by atoms with van der Waals surface area (Å²) in [7, 11) is 0. The lowest BCUT2D eigenvalue weighted by Crippen LogP contribution is -2.09. The predicted molar refractivity (Wildman–Crippen MR) is 69.6 cm³/mol. The van der Waals surface area contributed by atoms with Gasteiger partial charge in [-0.05, 0) is 18.1 Å². The quantitative estimate of drug-likeness (QED) is 0.606. The van der Waals surface area contributed by atoms with Gasteiger partial charge in [0.25, 0.3) is 0 Å². The highest BCUT2D eigenvalue weighted by Gasteiger charge is 2.46. The largest absolute Gasteiger partial charge is 0.356 e. The maximum absolute atomic E-state index is 12.3. The Morgan fingerprint density at radius 3 is 2.39 bits per heavy atom. The van der Waals surface area contributed by atoms with E-state index in [1.54, 1.807) is 0 Å². The number of hydrogen-bond donors (Lipinski definition) is 0. The molecule has 1 aliphatic heterocycles. The molecule has 2 unspecified atom stereocenters. The molecule has 3 rings (SSSR count). The van der Waals surface area contributed by atoms with Crippen molar-refractivity contribution in [2.45, 2.75) is 19.1 Å². The van der Waals surface area contributed by atoms with Crippen molar-refractivity contribution in [2.24, 2.45) is 0 Å². The molecule has 2 aromatic rings. The fourth-order valence-electron chi connectivity index (χ4n) is 2.21. The number of epoxide rings is 1. The van der Waals surface area contributed by atoms with E-state index in [4.69, 9.17) is 4.74 Å². The Morgan fingerprint density at radius 1 is 1.00 bits per heavy atom. The number of rotatable bonds is 3. The van der Waals surface area contributed by atoms with Crippen molar-refractivity contribution >= 4 is 5.78 Å². The van der Waals surface area contributed by atoms with Gasteiger partial charge < -0.3 is 4.74 Å². The van der Waals surface area contributed by atoms with Gasteiger partial charge in [-0.1, -0.05) is 54.6 Å². The van der Waals surface area contributed by atoms with E-state index in [0.29, 0.717) is 0 Å². The molecule has 0 spiro atoms. The Balaban J connectivity index is 1.80. The molecule has 1 fully saturated rings. The molecular formula is C16H14O2. The molecule has 2 nitrogen and oxygen atoms in total. The average Bonchev–Trinajstić information content (AvgIpc) is 3.20. The van der Waals surface area contributed by atoms with Gasteiger partial charge in [-0.25, -0.2) is 0 Å². The van der Waals surface area contributed by atoms with Crippen molar-refractivity contribution in [3.8, 4) is 0 Å². The summed E-state index contributed by atoms with van der Waals surface area (Å²) in [5.41, 5.74) is 2.84. The molecule has 18 heavy (non-hydrogen) atoms. The number of benzene rings is 2.